The molecule has 0 bridgehead atoms. The van der Waals surface area contributed by atoms with Crippen LogP contribution in [0.1, 0.15) is 12.5 Å². The van der Waals surface area contributed by atoms with Crippen LogP contribution in [-0.4, -0.2) is 46.3 Å². The first kappa shape index (κ1) is 15.8. The Morgan fingerprint density at radius 1 is 1.22 bits per heavy atom. The summed E-state index contributed by atoms with van der Waals surface area (Å²) in [6, 6.07) is 10.5. The van der Waals surface area contributed by atoms with Crippen molar-refractivity contribution in [1.29, 1.82) is 5.26 Å². The van der Waals surface area contributed by atoms with E-state index in [-0.39, 0.29) is 5.25 Å². The van der Waals surface area contributed by atoms with Crippen LogP contribution in [-0.2, 0) is 4.74 Å². The van der Waals surface area contributed by atoms with Gasteiger partial charge in [-0.1, -0.05) is 29.5 Å². The van der Waals surface area contributed by atoms with E-state index in [9.17, 15) is 0 Å². The lowest BCUT2D eigenvalue weighted by Gasteiger charge is -2.28. The maximum atomic E-state index is 9.09. The van der Waals surface area contributed by atoms with Gasteiger partial charge in [-0.3, -0.25) is 4.57 Å². The molecule has 1 aromatic heterocycles. The largest absolute Gasteiger partial charge is 0.378 e. The van der Waals surface area contributed by atoms with Crippen LogP contribution in [0, 0.1) is 18.3 Å². The van der Waals surface area contributed by atoms with E-state index < -0.39 is 0 Å². The number of ether oxygens (including phenoxy) is 1. The molecule has 1 aromatic carbocycles. The van der Waals surface area contributed by atoms with E-state index in [0.29, 0.717) is 13.2 Å². The van der Waals surface area contributed by atoms with Crippen molar-refractivity contribution in [2.75, 3.05) is 31.2 Å². The van der Waals surface area contributed by atoms with Crippen molar-refractivity contribution < 1.29 is 4.74 Å². The van der Waals surface area contributed by atoms with Gasteiger partial charge < -0.3 is 9.64 Å². The maximum absolute atomic E-state index is 9.09. The van der Waals surface area contributed by atoms with Gasteiger partial charge in [0.05, 0.1) is 30.2 Å². The quantitative estimate of drug-likeness (QED) is 0.803. The van der Waals surface area contributed by atoms with Crippen LogP contribution < -0.4 is 4.90 Å². The molecule has 0 amide bonds. The highest BCUT2D eigenvalue weighted by atomic mass is 32.2. The maximum Gasteiger partial charge on any atom is 0.232 e. The standard InChI is InChI=1S/C16H19N5OS/c1-12-3-5-14(6-4-12)21-15(20-7-9-22-10-8-20)18-19-16(21)23-13(2)11-17/h3-6,13H,7-10H2,1-2H3/t13-/m0/s1. The van der Waals surface area contributed by atoms with E-state index in [1.807, 2.05) is 11.5 Å². The summed E-state index contributed by atoms with van der Waals surface area (Å²) in [5.41, 5.74) is 2.21. The molecular weight excluding hydrogens is 310 g/mol. The van der Waals surface area contributed by atoms with Crippen molar-refractivity contribution >= 4 is 17.7 Å². The summed E-state index contributed by atoms with van der Waals surface area (Å²) in [4.78, 5) is 2.18. The third-order valence-electron chi connectivity index (χ3n) is 3.67. The fourth-order valence-corrected chi connectivity index (χ4v) is 3.16. The first-order valence-corrected chi connectivity index (χ1v) is 8.48. The van der Waals surface area contributed by atoms with Crippen LogP contribution in [0.2, 0.25) is 0 Å². The zero-order chi connectivity index (χ0) is 16.2. The number of anilines is 1. The van der Waals surface area contributed by atoms with Gasteiger partial charge in [-0.15, -0.1) is 10.2 Å². The molecule has 1 atom stereocenters. The molecule has 0 radical (unpaired) electrons. The molecule has 0 spiro atoms. The molecular formula is C16H19N5OS. The lowest BCUT2D eigenvalue weighted by molar-refractivity contribution is 0.122. The van der Waals surface area contributed by atoms with Gasteiger partial charge in [-0.25, -0.2) is 0 Å². The molecule has 0 unspecified atom stereocenters. The first-order valence-electron chi connectivity index (χ1n) is 7.60. The van der Waals surface area contributed by atoms with Gasteiger partial charge in [0, 0.05) is 13.1 Å². The predicted molar refractivity (Wildman–Crippen MR) is 90.1 cm³/mol. The van der Waals surface area contributed by atoms with Crippen molar-refractivity contribution in [1.82, 2.24) is 14.8 Å². The monoisotopic (exact) mass is 329 g/mol. The summed E-state index contributed by atoms with van der Waals surface area (Å²) in [6.45, 7) is 6.90. The molecule has 6 nitrogen and oxygen atoms in total. The van der Waals surface area contributed by atoms with Crippen LogP contribution in [0.4, 0.5) is 5.95 Å². The van der Waals surface area contributed by atoms with Crippen molar-refractivity contribution in [2.45, 2.75) is 24.3 Å². The van der Waals surface area contributed by atoms with Gasteiger partial charge in [-0.2, -0.15) is 5.26 Å². The van der Waals surface area contributed by atoms with E-state index in [4.69, 9.17) is 10.00 Å². The van der Waals surface area contributed by atoms with Gasteiger partial charge >= 0.3 is 0 Å². The highest BCUT2D eigenvalue weighted by Gasteiger charge is 2.22. The molecule has 2 heterocycles. The summed E-state index contributed by atoms with van der Waals surface area (Å²) in [7, 11) is 0. The molecule has 23 heavy (non-hydrogen) atoms. The number of aromatic nitrogens is 3. The van der Waals surface area contributed by atoms with Gasteiger partial charge in [0.15, 0.2) is 5.16 Å². The number of nitriles is 1. The van der Waals surface area contributed by atoms with Crippen molar-refractivity contribution in [3.63, 3.8) is 0 Å². The predicted octanol–water partition coefficient (Wildman–Crippen LogP) is 2.42. The topological polar surface area (TPSA) is 67.0 Å². The third-order valence-corrected chi connectivity index (χ3v) is 4.60. The SMILES string of the molecule is Cc1ccc(-n2c(S[C@@H](C)C#N)nnc2N2CCOCC2)cc1. The molecule has 120 valence electrons. The van der Waals surface area contributed by atoms with E-state index in [2.05, 4.69) is 52.4 Å². The normalized spacial score (nSPS) is 16.1. The smallest absolute Gasteiger partial charge is 0.232 e. The fraction of sp³-hybridized carbons (Fsp3) is 0.438. The Balaban J connectivity index is 2.02. The Labute approximate surface area is 140 Å². The fourth-order valence-electron chi connectivity index (χ4n) is 2.41. The summed E-state index contributed by atoms with van der Waals surface area (Å²) in [6.07, 6.45) is 0. The Morgan fingerprint density at radius 3 is 2.57 bits per heavy atom. The van der Waals surface area contributed by atoms with Crippen LogP contribution in [0.15, 0.2) is 29.4 Å². The molecule has 1 aliphatic heterocycles. The van der Waals surface area contributed by atoms with E-state index >= 15 is 0 Å². The molecule has 7 heteroatoms. The number of benzene rings is 1. The van der Waals surface area contributed by atoms with Crippen LogP contribution in [0.5, 0.6) is 0 Å². The van der Waals surface area contributed by atoms with E-state index in [1.165, 1.54) is 17.3 Å². The van der Waals surface area contributed by atoms with Gasteiger partial charge in [0.1, 0.15) is 0 Å². The molecule has 1 fully saturated rings. The van der Waals surface area contributed by atoms with Crippen molar-refractivity contribution in [2.24, 2.45) is 0 Å². The minimum Gasteiger partial charge on any atom is -0.378 e. The second kappa shape index (κ2) is 7.02. The molecule has 1 aliphatic rings. The summed E-state index contributed by atoms with van der Waals surface area (Å²) in [5, 5.41) is 18.4. The van der Waals surface area contributed by atoms with Crippen LogP contribution >= 0.6 is 11.8 Å². The van der Waals surface area contributed by atoms with E-state index in [0.717, 1.165) is 29.9 Å². The lowest BCUT2D eigenvalue weighted by Crippen LogP contribution is -2.37. The number of aryl methyl sites for hydroxylation is 1. The highest BCUT2D eigenvalue weighted by molar-refractivity contribution is 8.00. The van der Waals surface area contributed by atoms with Gasteiger partial charge in [-0.05, 0) is 26.0 Å². The molecule has 0 aliphatic carbocycles. The molecule has 2 aromatic rings. The Morgan fingerprint density at radius 2 is 1.91 bits per heavy atom. The zero-order valence-corrected chi connectivity index (χ0v) is 14.1. The minimum absolute atomic E-state index is 0.180. The lowest BCUT2D eigenvalue weighted by atomic mass is 10.2. The number of nitrogens with zero attached hydrogens (tertiary/aromatic N) is 5. The first-order chi connectivity index (χ1) is 11.2. The van der Waals surface area contributed by atoms with Crippen LogP contribution in [0.25, 0.3) is 5.69 Å². The second-order valence-electron chi connectivity index (χ2n) is 5.44. The average Bonchev–Trinajstić information content (AvgIpc) is 3.00. The Kier molecular flexibility index (Phi) is 4.84. The van der Waals surface area contributed by atoms with Crippen molar-refractivity contribution in [3.05, 3.63) is 29.8 Å². The molecule has 1 saturated heterocycles. The summed E-state index contributed by atoms with van der Waals surface area (Å²) in [5.74, 6) is 0.810. The number of hydrogen-bond acceptors (Lipinski definition) is 6. The Bertz CT molecular complexity index is 700. The van der Waals surface area contributed by atoms with Crippen molar-refractivity contribution in [3.8, 4) is 11.8 Å². The summed E-state index contributed by atoms with van der Waals surface area (Å²) < 4.78 is 7.45. The van der Waals surface area contributed by atoms with Gasteiger partial charge in [0.2, 0.25) is 5.95 Å². The van der Waals surface area contributed by atoms with E-state index in [1.54, 1.807) is 0 Å². The average molecular weight is 329 g/mol. The number of morpholine rings is 1. The summed E-state index contributed by atoms with van der Waals surface area (Å²) >= 11 is 1.42. The zero-order valence-electron chi connectivity index (χ0n) is 13.3. The van der Waals surface area contributed by atoms with Gasteiger partial charge in [0.25, 0.3) is 0 Å². The molecule has 0 saturated carbocycles. The third kappa shape index (κ3) is 3.49. The molecule has 3 rings (SSSR count). The number of rotatable bonds is 4. The number of hydrogen-bond donors (Lipinski definition) is 0. The van der Waals surface area contributed by atoms with Crippen LogP contribution in [0.3, 0.4) is 0 Å². The molecule has 0 N–H and O–H groups in total. The minimum atomic E-state index is -0.180. The Hall–Kier alpha value is -2.04. The number of thioether (sulfide) groups is 1. The second-order valence-corrected chi connectivity index (χ2v) is 6.75. The highest BCUT2D eigenvalue weighted by Crippen LogP contribution is 2.29.